The van der Waals surface area contributed by atoms with Crippen LogP contribution in [0.2, 0.25) is 10.0 Å². The number of likely N-dealkylation sites (tertiary alicyclic amines) is 1. The maximum atomic E-state index is 13.5. The summed E-state index contributed by atoms with van der Waals surface area (Å²) in [6.07, 6.45) is 6.04. The highest BCUT2D eigenvalue weighted by molar-refractivity contribution is 6.40. The van der Waals surface area contributed by atoms with E-state index in [-0.39, 0.29) is 31.3 Å². The number of rotatable bonds is 8. The molecule has 16 heteroatoms. The SMILES string of the molecule is Cc1cc(Nc2ncc3c(n2)N(C)CN(c2c(Cl)cccc2Cl)C3=O)ccc1C1CCN(CC2CCN(c3ccc4c(c3)C(=O)N(C3CCC(=O)NC3=O)C4=O)CC2)CC1. The van der Waals surface area contributed by atoms with E-state index in [4.69, 9.17) is 28.2 Å². The van der Waals surface area contributed by atoms with Crippen LogP contribution in [0.25, 0.3) is 0 Å². The van der Waals surface area contributed by atoms with Crippen LogP contribution in [-0.2, 0) is 9.59 Å². The first-order valence-electron chi connectivity index (χ1n) is 20.5. The van der Waals surface area contributed by atoms with Gasteiger partial charge in [0.05, 0.1) is 33.5 Å². The average Bonchev–Trinajstić information content (AvgIpc) is 3.48. The first kappa shape index (κ1) is 39.9. The molecular weight excluding hydrogens is 805 g/mol. The third-order valence-electron chi connectivity index (χ3n) is 12.6. The quantitative estimate of drug-likeness (QED) is 0.190. The molecule has 0 spiro atoms. The number of hydrogen-bond acceptors (Lipinski definition) is 11. The minimum Gasteiger partial charge on any atom is -0.371 e. The van der Waals surface area contributed by atoms with Crippen LogP contribution < -0.4 is 25.3 Å². The van der Waals surface area contributed by atoms with E-state index in [1.54, 1.807) is 36.5 Å². The number of para-hydroxylation sites is 1. The van der Waals surface area contributed by atoms with E-state index in [9.17, 15) is 24.0 Å². The van der Waals surface area contributed by atoms with Crippen molar-refractivity contribution < 1.29 is 24.0 Å². The van der Waals surface area contributed by atoms with Gasteiger partial charge in [0.15, 0.2) is 0 Å². The molecule has 5 aliphatic heterocycles. The van der Waals surface area contributed by atoms with Gasteiger partial charge in [-0.15, -0.1) is 0 Å². The van der Waals surface area contributed by atoms with E-state index >= 15 is 0 Å². The van der Waals surface area contributed by atoms with Gasteiger partial charge in [0.1, 0.15) is 17.4 Å². The summed E-state index contributed by atoms with van der Waals surface area (Å²) in [5.74, 6) is -0.231. The van der Waals surface area contributed by atoms with Crippen molar-refractivity contribution >= 4 is 81.6 Å². The molecule has 14 nitrogen and oxygen atoms in total. The van der Waals surface area contributed by atoms with Crippen molar-refractivity contribution in [1.82, 2.24) is 25.1 Å². The van der Waals surface area contributed by atoms with Gasteiger partial charge in [-0.05, 0) is 118 Å². The number of carbonyl (C=O) groups is 5. The molecule has 0 bridgehead atoms. The van der Waals surface area contributed by atoms with Crippen molar-refractivity contribution in [3.8, 4) is 0 Å². The average molecular weight is 851 g/mol. The second-order valence-electron chi connectivity index (χ2n) is 16.5. The highest BCUT2D eigenvalue weighted by Crippen LogP contribution is 2.39. The second-order valence-corrected chi connectivity index (χ2v) is 17.3. The predicted molar refractivity (Wildman–Crippen MR) is 230 cm³/mol. The normalized spacial score (nSPS) is 20.5. The fourth-order valence-electron chi connectivity index (χ4n) is 9.44. The Morgan fingerprint density at radius 3 is 2.27 bits per heavy atom. The van der Waals surface area contributed by atoms with Gasteiger partial charge in [0.25, 0.3) is 17.7 Å². The van der Waals surface area contributed by atoms with E-state index < -0.39 is 23.8 Å². The van der Waals surface area contributed by atoms with Crippen molar-refractivity contribution in [2.45, 2.75) is 57.4 Å². The van der Waals surface area contributed by atoms with Crippen molar-refractivity contribution in [2.75, 3.05) is 66.5 Å². The van der Waals surface area contributed by atoms with Gasteiger partial charge in [0.2, 0.25) is 17.8 Å². The van der Waals surface area contributed by atoms with Gasteiger partial charge >= 0.3 is 0 Å². The summed E-state index contributed by atoms with van der Waals surface area (Å²) in [5.41, 5.74) is 5.80. The zero-order valence-electron chi connectivity index (χ0n) is 33.4. The van der Waals surface area contributed by atoms with Gasteiger partial charge in [-0.3, -0.25) is 39.1 Å². The number of hydrogen-bond donors (Lipinski definition) is 2. The highest BCUT2D eigenvalue weighted by atomic mass is 35.5. The van der Waals surface area contributed by atoms with E-state index in [1.165, 1.54) is 16.0 Å². The summed E-state index contributed by atoms with van der Waals surface area (Å²) in [4.78, 5) is 82.6. The number of fused-ring (bicyclic) bond motifs is 2. The zero-order chi connectivity index (χ0) is 41.8. The van der Waals surface area contributed by atoms with Crippen molar-refractivity contribution in [2.24, 2.45) is 5.92 Å². The molecule has 6 heterocycles. The Morgan fingerprint density at radius 2 is 1.55 bits per heavy atom. The molecule has 3 saturated heterocycles. The molecule has 5 aliphatic rings. The third kappa shape index (κ3) is 7.45. The van der Waals surface area contributed by atoms with Gasteiger partial charge < -0.3 is 20.0 Å². The molecule has 310 valence electrons. The summed E-state index contributed by atoms with van der Waals surface area (Å²) in [5, 5.41) is 6.38. The fraction of sp³-hybridized carbons (Fsp3) is 0.386. The topological polar surface area (TPSA) is 151 Å². The van der Waals surface area contributed by atoms with Crippen LogP contribution >= 0.6 is 23.2 Å². The van der Waals surface area contributed by atoms with E-state index in [0.29, 0.717) is 56.0 Å². The molecule has 1 unspecified atom stereocenters. The number of piperidine rings is 3. The van der Waals surface area contributed by atoms with Crippen molar-refractivity contribution in [3.05, 3.63) is 98.7 Å². The standard InChI is InChI=1S/C44H45Cl2N9O5/c1-25-20-28(48-44-47-22-33-39(50-44)51(2)24-54(41(33)58)38-34(45)4-3-5-35(38)46)6-8-30(25)27-14-16-52(17-15-27)23-26-12-18-53(19-13-26)29-7-9-31-32(21-29)43(60)55(42(31)59)36-10-11-37(56)49-40(36)57/h3-9,20-22,26-27,36H,10-19,23-24H2,1-2H3,(H,47,48,50)(H,49,56,57). The Balaban J connectivity index is 0.761. The molecule has 9 rings (SSSR count). The summed E-state index contributed by atoms with van der Waals surface area (Å²) in [6, 6.07) is 16.0. The van der Waals surface area contributed by atoms with Crippen LogP contribution in [-0.4, -0.2) is 102 Å². The molecule has 60 heavy (non-hydrogen) atoms. The van der Waals surface area contributed by atoms with Crippen LogP contribution in [0.5, 0.6) is 0 Å². The fourth-order valence-corrected chi connectivity index (χ4v) is 10.0. The molecule has 3 aromatic carbocycles. The van der Waals surface area contributed by atoms with Crippen LogP contribution in [0.15, 0.2) is 60.8 Å². The third-order valence-corrected chi connectivity index (χ3v) is 13.2. The maximum Gasteiger partial charge on any atom is 0.265 e. The van der Waals surface area contributed by atoms with Gasteiger partial charge in [-0.25, -0.2) is 4.98 Å². The molecule has 0 aliphatic carbocycles. The van der Waals surface area contributed by atoms with Crippen LogP contribution in [0.3, 0.4) is 0 Å². The summed E-state index contributed by atoms with van der Waals surface area (Å²) in [6.45, 7) is 7.27. The molecule has 2 N–H and O–H groups in total. The van der Waals surface area contributed by atoms with Gasteiger partial charge in [-0.1, -0.05) is 35.3 Å². The van der Waals surface area contributed by atoms with E-state index in [0.717, 1.165) is 74.7 Å². The molecule has 5 amide bonds. The number of imide groups is 2. The van der Waals surface area contributed by atoms with Gasteiger partial charge in [-0.2, -0.15) is 4.98 Å². The number of nitrogens with zero attached hydrogens (tertiary/aromatic N) is 7. The number of halogens is 2. The Bertz CT molecular complexity index is 2410. The summed E-state index contributed by atoms with van der Waals surface area (Å²) in [7, 11) is 1.86. The van der Waals surface area contributed by atoms with Crippen molar-refractivity contribution in [1.29, 1.82) is 0 Å². The Hall–Kier alpha value is -5.57. The lowest BCUT2D eigenvalue weighted by Gasteiger charge is -2.38. The smallest absolute Gasteiger partial charge is 0.265 e. The van der Waals surface area contributed by atoms with Crippen molar-refractivity contribution in [3.63, 3.8) is 0 Å². The first-order chi connectivity index (χ1) is 28.9. The monoisotopic (exact) mass is 849 g/mol. The predicted octanol–water partition coefficient (Wildman–Crippen LogP) is 6.39. The summed E-state index contributed by atoms with van der Waals surface area (Å²) >= 11 is 12.9. The molecular formula is C44H45Cl2N9O5. The van der Waals surface area contributed by atoms with Gasteiger partial charge in [0, 0.05) is 50.7 Å². The number of aromatic nitrogens is 2. The number of aryl methyl sites for hydroxylation is 1. The molecule has 0 radical (unpaired) electrons. The number of benzene rings is 3. The van der Waals surface area contributed by atoms with Crippen LogP contribution in [0.1, 0.15) is 86.6 Å². The number of anilines is 5. The number of amides is 5. The lowest BCUT2D eigenvalue weighted by Crippen LogP contribution is -2.54. The second kappa shape index (κ2) is 16.1. The molecule has 1 atom stereocenters. The molecule has 0 saturated carbocycles. The number of nitrogens with one attached hydrogen (secondary N) is 2. The lowest BCUT2D eigenvalue weighted by atomic mass is 9.86. The lowest BCUT2D eigenvalue weighted by molar-refractivity contribution is -0.136. The summed E-state index contributed by atoms with van der Waals surface area (Å²) < 4.78 is 0. The van der Waals surface area contributed by atoms with E-state index in [2.05, 4.69) is 50.5 Å². The van der Waals surface area contributed by atoms with Crippen LogP contribution in [0, 0.1) is 12.8 Å². The Kier molecular flexibility index (Phi) is 10.7. The zero-order valence-corrected chi connectivity index (χ0v) is 34.9. The minimum atomic E-state index is -0.969. The Morgan fingerprint density at radius 1 is 0.817 bits per heavy atom. The van der Waals surface area contributed by atoms with Crippen LogP contribution in [0.4, 0.5) is 28.8 Å². The molecule has 1 aromatic heterocycles. The highest BCUT2D eigenvalue weighted by Gasteiger charge is 2.45. The Labute approximate surface area is 357 Å². The molecule has 3 fully saturated rings. The first-order valence-corrected chi connectivity index (χ1v) is 21.2. The van der Waals surface area contributed by atoms with E-state index in [1.807, 2.05) is 18.0 Å². The molecule has 4 aromatic rings. The number of carbonyl (C=O) groups excluding carboxylic acids is 5. The largest absolute Gasteiger partial charge is 0.371 e. The maximum absolute atomic E-state index is 13.5. The minimum absolute atomic E-state index is 0.0948.